The Morgan fingerprint density at radius 1 is 1.03 bits per heavy atom. The molecular formula is C26H22Cl2N2OS2. The molecule has 0 bridgehead atoms. The van der Waals surface area contributed by atoms with Crippen molar-refractivity contribution in [3.8, 4) is 5.69 Å². The lowest BCUT2D eigenvalue weighted by Crippen LogP contribution is -2.22. The van der Waals surface area contributed by atoms with Crippen LogP contribution in [0.3, 0.4) is 0 Å². The zero-order chi connectivity index (χ0) is 22.6. The van der Waals surface area contributed by atoms with Crippen molar-refractivity contribution in [1.29, 1.82) is 0 Å². The number of rotatable bonds is 5. The van der Waals surface area contributed by atoms with Gasteiger partial charge in [-0.05, 0) is 55.4 Å². The Kier molecular flexibility index (Phi) is 5.57. The second-order valence-corrected chi connectivity index (χ2v) is 12.5. The van der Waals surface area contributed by atoms with Gasteiger partial charge in [0.05, 0.1) is 11.1 Å². The van der Waals surface area contributed by atoms with Crippen molar-refractivity contribution >= 4 is 56.5 Å². The van der Waals surface area contributed by atoms with E-state index >= 15 is 0 Å². The molecule has 1 saturated carbocycles. The van der Waals surface area contributed by atoms with Gasteiger partial charge in [0.1, 0.15) is 9.16 Å². The number of aromatic nitrogens is 2. The number of alkyl halides is 2. The third kappa shape index (κ3) is 3.93. The minimum atomic E-state index is -0.739. The van der Waals surface area contributed by atoms with Crippen LogP contribution >= 0.6 is 46.3 Å². The van der Waals surface area contributed by atoms with Gasteiger partial charge in [-0.15, -0.1) is 34.5 Å². The Hall–Kier alpha value is -1.79. The number of halogens is 2. The van der Waals surface area contributed by atoms with Crippen LogP contribution in [0.5, 0.6) is 0 Å². The Balaban J connectivity index is 1.54. The summed E-state index contributed by atoms with van der Waals surface area (Å²) >= 11 is 16.4. The molecule has 2 heterocycles. The summed E-state index contributed by atoms with van der Waals surface area (Å²) in [6, 6.07) is 20.1. The van der Waals surface area contributed by atoms with E-state index in [0.717, 1.165) is 47.2 Å². The summed E-state index contributed by atoms with van der Waals surface area (Å²) in [5, 5.41) is 1.51. The predicted octanol–water partition coefficient (Wildman–Crippen LogP) is 7.35. The first kappa shape index (κ1) is 21.7. The van der Waals surface area contributed by atoms with Crippen molar-refractivity contribution < 1.29 is 0 Å². The van der Waals surface area contributed by atoms with Gasteiger partial charge in [0.2, 0.25) is 0 Å². The van der Waals surface area contributed by atoms with Gasteiger partial charge in [-0.2, -0.15) is 0 Å². The number of aryl methyl sites for hydroxylation is 2. The third-order valence-corrected chi connectivity index (χ3v) is 9.97. The molecule has 0 amide bonds. The van der Waals surface area contributed by atoms with Crippen LogP contribution in [0.15, 0.2) is 70.6 Å². The standard InChI is InChI=1S/C26H22Cl2N2OS2/c27-26(28)15-19(26)22(16-9-3-1-4-10-16)33-25-29-23-21(18-13-7-8-14-20(18)32-23)24(31)30(25)17-11-5-2-6-12-17/h1-6,9-12,19,22H,7-8,13-15H2. The van der Waals surface area contributed by atoms with E-state index < -0.39 is 4.33 Å². The van der Waals surface area contributed by atoms with Crippen LogP contribution in [0.25, 0.3) is 15.9 Å². The summed E-state index contributed by atoms with van der Waals surface area (Å²) in [7, 11) is 0. The second-order valence-electron chi connectivity index (χ2n) is 8.78. The molecular weight excluding hydrogens is 491 g/mol. The summed E-state index contributed by atoms with van der Waals surface area (Å²) in [6.07, 6.45) is 5.04. The number of hydrogen-bond acceptors (Lipinski definition) is 4. The number of thioether (sulfide) groups is 1. The lowest BCUT2D eigenvalue weighted by molar-refractivity contribution is 0.699. The van der Waals surface area contributed by atoms with Gasteiger partial charge in [0.25, 0.3) is 5.56 Å². The topological polar surface area (TPSA) is 34.9 Å². The van der Waals surface area contributed by atoms with Crippen LogP contribution in [0.2, 0.25) is 0 Å². The molecule has 0 saturated heterocycles. The van der Waals surface area contributed by atoms with Crippen molar-refractivity contribution in [2.75, 3.05) is 0 Å². The number of para-hydroxylation sites is 1. The van der Waals surface area contributed by atoms with Crippen LogP contribution in [0.1, 0.15) is 40.5 Å². The summed E-state index contributed by atoms with van der Waals surface area (Å²) < 4.78 is 1.05. The van der Waals surface area contributed by atoms with Gasteiger partial charge in [0, 0.05) is 16.0 Å². The van der Waals surface area contributed by atoms with Crippen molar-refractivity contribution in [3.05, 3.63) is 87.0 Å². The molecule has 0 spiro atoms. The summed E-state index contributed by atoms with van der Waals surface area (Å²) in [5.74, 6) is 0.0987. The summed E-state index contributed by atoms with van der Waals surface area (Å²) in [6.45, 7) is 0. The molecule has 2 aliphatic rings. The zero-order valence-electron chi connectivity index (χ0n) is 17.8. The molecule has 0 aliphatic heterocycles. The Morgan fingerprint density at radius 3 is 2.39 bits per heavy atom. The highest BCUT2D eigenvalue weighted by Crippen LogP contribution is 2.63. The first-order valence-corrected chi connectivity index (χ1v) is 13.7. The molecule has 6 rings (SSSR count). The van der Waals surface area contributed by atoms with E-state index in [2.05, 4.69) is 12.1 Å². The fraction of sp³-hybridized carbons (Fsp3) is 0.308. The first-order chi connectivity index (χ1) is 16.0. The fourth-order valence-electron chi connectivity index (χ4n) is 4.77. The van der Waals surface area contributed by atoms with E-state index in [9.17, 15) is 4.79 Å². The maximum atomic E-state index is 14.0. The molecule has 2 aliphatic carbocycles. The Morgan fingerprint density at radius 2 is 1.70 bits per heavy atom. The Labute approximate surface area is 210 Å². The first-order valence-electron chi connectivity index (χ1n) is 11.2. The molecule has 7 heteroatoms. The lowest BCUT2D eigenvalue weighted by atomic mass is 9.97. The quantitative estimate of drug-likeness (QED) is 0.159. The van der Waals surface area contributed by atoms with E-state index in [4.69, 9.17) is 28.2 Å². The van der Waals surface area contributed by atoms with E-state index in [-0.39, 0.29) is 16.7 Å². The lowest BCUT2D eigenvalue weighted by Gasteiger charge is -2.20. The molecule has 2 aromatic heterocycles. The molecule has 33 heavy (non-hydrogen) atoms. The molecule has 2 aromatic carbocycles. The smallest absolute Gasteiger partial charge is 0.267 e. The van der Waals surface area contributed by atoms with Crippen LogP contribution in [0, 0.1) is 5.92 Å². The molecule has 2 atom stereocenters. The highest BCUT2D eigenvalue weighted by Gasteiger charge is 2.56. The van der Waals surface area contributed by atoms with Crippen molar-refractivity contribution in [1.82, 2.24) is 9.55 Å². The minimum absolute atomic E-state index is 0.00935. The van der Waals surface area contributed by atoms with Crippen LogP contribution in [-0.2, 0) is 12.8 Å². The third-order valence-electron chi connectivity index (χ3n) is 6.57. The molecule has 2 unspecified atom stereocenters. The van der Waals surface area contributed by atoms with E-state index in [1.54, 1.807) is 27.7 Å². The minimum Gasteiger partial charge on any atom is -0.268 e. The maximum Gasteiger partial charge on any atom is 0.267 e. The second kappa shape index (κ2) is 8.46. The molecule has 168 valence electrons. The molecule has 1 fully saturated rings. The van der Waals surface area contributed by atoms with Crippen LogP contribution < -0.4 is 5.56 Å². The average molecular weight is 514 g/mol. The van der Waals surface area contributed by atoms with E-state index in [1.165, 1.54) is 16.9 Å². The van der Waals surface area contributed by atoms with Gasteiger partial charge in [-0.3, -0.25) is 9.36 Å². The monoisotopic (exact) mass is 512 g/mol. The number of fused-ring (bicyclic) bond motifs is 3. The van der Waals surface area contributed by atoms with Crippen molar-refractivity contribution in [3.63, 3.8) is 0 Å². The molecule has 4 aromatic rings. The van der Waals surface area contributed by atoms with Gasteiger partial charge < -0.3 is 0 Å². The van der Waals surface area contributed by atoms with Gasteiger partial charge in [0.15, 0.2) is 5.16 Å². The predicted molar refractivity (Wildman–Crippen MR) is 139 cm³/mol. The molecule has 0 radical (unpaired) electrons. The van der Waals surface area contributed by atoms with E-state index in [0.29, 0.717) is 5.16 Å². The van der Waals surface area contributed by atoms with Crippen LogP contribution in [-0.4, -0.2) is 13.9 Å². The van der Waals surface area contributed by atoms with Gasteiger partial charge in [-0.1, -0.05) is 60.3 Å². The highest BCUT2D eigenvalue weighted by atomic mass is 35.5. The fourth-order valence-corrected chi connectivity index (χ4v) is 8.27. The van der Waals surface area contributed by atoms with Crippen LogP contribution in [0.4, 0.5) is 0 Å². The summed E-state index contributed by atoms with van der Waals surface area (Å²) in [4.78, 5) is 21.3. The number of benzene rings is 2. The number of hydrogen-bond donors (Lipinski definition) is 0. The maximum absolute atomic E-state index is 14.0. The van der Waals surface area contributed by atoms with Crippen molar-refractivity contribution in [2.45, 2.75) is 46.8 Å². The molecule has 3 nitrogen and oxygen atoms in total. The zero-order valence-corrected chi connectivity index (χ0v) is 21.0. The average Bonchev–Trinajstić information content (AvgIpc) is 3.29. The summed E-state index contributed by atoms with van der Waals surface area (Å²) in [5.41, 5.74) is 3.22. The van der Waals surface area contributed by atoms with Gasteiger partial charge in [-0.25, -0.2) is 4.98 Å². The van der Waals surface area contributed by atoms with Crippen molar-refractivity contribution in [2.24, 2.45) is 5.92 Å². The van der Waals surface area contributed by atoms with Gasteiger partial charge >= 0.3 is 0 Å². The Bertz CT molecular complexity index is 1380. The highest BCUT2D eigenvalue weighted by molar-refractivity contribution is 7.99. The number of thiophene rings is 1. The SMILES string of the molecule is O=c1c2c3c(sc2nc(SC(c2ccccc2)C2CC2(Cl)Cl)n1-c1ccccc1)CCCC3. The largest absolute Gasteiger partial charge is 0.268 e. The van der Waals surface area contributed by atoms with E-state index in [1.807, 2.05) is 48.5 Å². The number of nitrogens with zero attached hydrogens (tertiary/aromatic N) is 2. The molecule has 0 N–H and O–H groups in total. The normalized spacial score (nSPS) is 19.9.